The van der Waals surface area contributed by atoms with Gasteiger partial charge in [-0.15, -0.1) is 0 Å². The standard InChI is InChI=1S/C15H16O/c1-10(2)12-7-8-15-13(16-15)6-5-11(3)14(15,4)9-12/h5-9H,1H2,2-4H3. The van der Waals surface area contributed by atoms with Crippen molar-refractivity contribution in [1.82, 2.24) is 0 Å². The Hall–Kier alpha value is -1.50. The topological polar surface area (TPSA) is 12.5 Å². The Morgan fingerprint density at radius 3 is 2.81 bits per heavy atom. The Morgan fingerprint density at radius 1 is 1.38 bits per heavy atom. The summed E-state index contributed by atoms with van der Waals surface area (Å²) < 4.78 is 5.82. The lowest BCUT2D eigenvalue weighted by molar-refractivity contribution is 0.243. The van der Waals surface area contributed by atoms with Crippen LogP contribution < -0.4 is 0 Å². The smallest absolute Gasteiger partial charge is 0.196 e. The van der Waals surface area contributed by atoms with Gasteiger partial charge < -0.3 is 4.74 Å². The van der Waals surface area contributed by atoms with Gasteiger partial charge in [-0.05, 0) is 38.5 Å². The first-order chi connectivity index (χ1) is 7.49. The first-order valence-electron chi connectivity index (χ1n) is 5.66. The lowest BCUT2D eigenvalue weighted by Crippen LogP contribution is -2.36. The van der Waals surface area contributed by atoms with E-state index in [4.69, 9.17) is 4.74 Å². The Balaban J connectivity index is 2.16. The molecule has 0 aromatic rings. The second kappa shape index (κ2) is 2.60. The van der Waals surface area contributed by atoms with Crippen LogP contribution in [0.15, 0.2) is 59.4 Å². The Labute approximate surface area is 96.5 Å². The van der Waals surface area contributed by atoms with Gasteiger partial charge in [-0.25, -0.2) is 0 Å². The van der Waals surface area contributed by atoms with E-state index in [0.29, 0.717) is 0 Å². The van der Waals surface area contributed by atoms with Crippen LogP contribution in [-0.2, 0) is 4.74 Å². The van der Waals surface area contributed by atoms with Gasteiger partial charge in [0.1, 0.15) is 5.76 Å². The van der Waals surface area contributed by atoms with Crippen LogP contribution in [0, 0.1) is 5.41 Å². The van der Waals surface area contributed by atoms with Crippen molar-refractivity contribution in [2.75, 3.05) is 0 Å². The van der Waals surface area contributed by atoms with Crippen molar-refractivity contribution in [2.45, 2.75) is 26.4 Å². The molecule has 1 aliphatic heterocycles. The average Bonchev–Trinajstić information content (AvgIpc) is 2.94. The van der Waals surface area contributed by atoms with Crippen molar-refractivity contribution in [3.63, 3.8) is 0 Å². The molecule has 2 unspecified atom stereocenters. The molecule has 0 saturated carbocycles. The fourth-order valence-electron chi connectivity index (χ4n) is 2.68. The van der Waals surface area contributed by atoms with E-state index in [-0.39, 0.29) is 11.0 Å². The molecule has 2 atom stereocenters. The van der Waals surface area contributed by atoms with Crippen molar-refractivity contribution in [3.8, 4) is 0 Å². The molecular formula is C15H16O. The summed E-state index contributed by atoms with van der Waals surface area (Å²) in [6.07, 6.45) is 10.8. The van der Waals surface area contributed by atoms with E-state index in [1.807, 2.05) is 6.92 Å². The van der Waals surface area contributed by atoms with E-state index < -0.39 is 0 Å². The summed E-state index contributed by atoms with van der Waals surface area (Å²) >= 11 is 0. The molecule has 3 aliphatic rings. The Morgan fingerprint density at radius 2 is 2.12 bits per heavy atom. The summed E-state index contributed by atoms with van der Waals surface area (Å²) in [7, 11) is 0. The second-order valence-electron chi connectivity index (χ2n) is 5.13. The number of rotatable bonds is 1. The molecule has 1 heterocycles. The minimum atomic E-state index is -0.190. The minimum Gasteiger partial charge on any atom is -0.474 e. The molecule has 0 aromatic heterocycles. The van der Waals surface area contributed by atoms with Crippen molar-refractivity contribution in [2.24, 2.45) is 5.41 Å². The van der Waals surface area contributed by atoms with Gasteiger partial charge in [0.2, 0.25) is 0 Å². The maximum Gasteiger partial charge on any atom is 0.196 e. The first-order valence-corrected chi connectivity index (χ1v) is 5.66. The molecule has 0 radical (unpaired) electrons. The molecule has 1 fully saturated rings. The third kappa shape index (κ3) is 0.915. The van der Waals surface area contributed by atoms with Crippen LogP contribution in [0.2, 0.25) is 0 Å². The van der Waals surface area contributed by atoms with Gasteiger partial charge in [0.05, 0.1) is 5.41 Å². The maximum absolute atomic E-state index is 5.82. The highest BCUT2D eigenvalue weighted by atomic mass is 16.6. The van der Waals surface area contributed by atoms with Crippen molar-refractivity contribution in [1.29, 1.82) is 0 Å². The van der Waals surface area contributed by atoms with Crippen LogP contribution in [0.5, 0.6) is 0 Å². The zero-order valence-corrected chi connectivity index (χ0v) is 10.0. The van der Waals surface area contributed by atoms with Crippen LogP contribution in [-0.4, -0.2) is 5.60 Å². The van der Waals surface area contributed by atoms with E-state index >= 15 is 0 Å². The highest BCUT2D eigenvalue weighted by Crippen LogP contribution is 2.62. The van der Waals surface area contributed by atoms with E-state index in [1.165, 1.54) is 11.1 Å². The number of epoxide rings is 1. The van der Waals surface area contributed by atoms with E-state index in [9.17, 15) is 0 Å². The van der Waals surface area contributed by atoms with Gasteiger partial charge in [-0.1, -0.05) is 36.0 Å². The molecule has 2 aliphatic carbocycles. The second-order valence-corrected chi connectivity index (χ2v) is 5.13. The number of allylic oxidation sites excluding steroid dienone is 5. The van der Waals surface area contributed by atoms with Crippen molar-refractivity contribution >= 4 is 0 Å². The Kier molecular flexibility index (Phi) is 1.58. The minimum absolute atomic E-state index is 0.0416. The largest absolute Gasteiger partial charge is 0.474 e. The quantitative estimate of drug-likeness (QED) is 0.604. The fourth-order valence-corrected chi connectivity index (χ4v) is 2.68. The van der Waals surface area contributed by atoms with E-state index in [0.717, 1.165) is 11.3 Å². The third-order valence-electron chi connectivity index (χ3n) is 4.11. The normalized spacial score (nSPS) is 38.6. The summed E-state index contributed by atoms with van der Waals surface area (Å²) in [4.78, 5) is 0. The highest BCUT2D eigenvalue weighted by molar-refractivity contribution is 5.58. The van der Waals surface area contributed by atoms with Gasteiger partial charge in [-0.3, -0.25) is 0 Å². The molecule has 16 heavy (non-hydrogen) atoms. The summed E-state index contributed by atoms with van der Waals surface area (Å²) in [5.41, 5.74) is 3.44. The summed E-state index contributed by atoms with van der Waals surface area (Å²) in [6, 6.07) is 0. The van der Waals surface area contributed by atoms with E-state index in [2.05, 4.69) is 50.8 Å². The highest BCUT2D eigenvalue weighted by Gasteiger charge is 2.65. The lowest BCUT2D eigenvalue weighted by Gasteiger charge is -2.35. The molecule has 1 nitrogen and oxygen atoms in total. The molecule has 1 spiro atoms. The molecular weight excluding hydrogens is 196 g/mol. The average molecular weight is 212 g/mol. The molecule has 1 saturated heterocycles. The molecule has 0 bridgehead atoms. The molecule has 3 rings (SSSR count). The first kappa shape index (κ1) is 9.71. The summed E-state index contributed by atoms with van der Waals surface area (Å²) in [5.74, 6) is 1.09. The maximum atomic E-state index is 5.82. The van der Waals surface area contributed by atoms with Gasteiger partial charge in [0.25, 0.3) is 0 Å². The van der Waals surface area contributed by atoms with Crippen LogP contribution in [0.4, 0.5) is 0 Å². The molecule has 1 heteroatoms. The molecule has 82 valence electrons. The monoisotopic (exact) mass is 212 g/mol. The van der Waals surface area contributed by atoms with Crippen LogP contribution in [0.25, 0.3) is 0 Å². The predicted molar refractivity (Wildman–Crippen MR) is 65.8 cm³/mol. The van der Waals surface area contributed by atoms with Gasteiger partial charge in [-0.2, -0.15) is 0 Å². The lowest BCUT2D eigenvalue weighted by atomic mass is 9.65. The number of hydrogen-bond donors (Lipinski definition) is 0. The number of hydrogen-bond acceptors (Lipinski definition) is 1. The fraction of sp³-hybridized carbons (Fsp3) is 0.333. The van der Waals surface area contributed by atoms with Crippen molar-refractivity contribution in [3.05, 3.63) is 59.4 Å². The molecule has 0 N–H and O–H groups in total. The zero-order chi connectivity index (χ0) is 11.6. The molecule has 0 amide bonds. The SMILES string of the molecule is C=C(C)C1=CC2(C)C(C)=CC=C3OC32C=C1. The predicted octanol–water partition coefficient (Wildman–Crippen LogP) is 3.68. The van der Waals surface area contributed by atoms with Gasteiger partial charge in [0, 0.05) is 0 Å². The van der Waals surface area contributed by atoms with Crippen molar-refractivity contribution < 1.29 is 4.74 Å². The van der Waals surface area contributed by atoms with Gasteiger partial charge >= 0.3 is 0 Å². The third-order valence-corrected chi connectivity index (χ3v) is 4.11. The molecule has 0 aromatic carbocycles. The number of ether oxygens (including phenoxy) is 1. The Bertz CT molecular complexity index is 516. The summed E-state index contributed by atoms with van der Waals surface area (Å²) in [6.45, 7) is 10.5. The van der Waals surface area contributed by atoms with Crippen LogP contribution in [0.3, 0.4) is 0 Å². The van der Waals surface area contributed by atoms with Crippen LogP contribution in [0.1, 0.15) is 20.8 Å². The van der Waals surface area contributed by atoms with Crippen LogP contribution >= 0.6 is 0 Å². The van der Waals surface area contributed by atoms with E-state index in [1.54, 1.807) is 0 Å². The van der Waals surface area contributed by atoms with Gasteiger partial charge in [0.15, 0.2) is 5.60 Å². The zero-order valence-electron chi connectivity index (χ0n) is 10.0. The summed E-state index contributed by atoms with van der Waals surface area (Å²) in [5, 5.41) is 0.